The van der Waals surface area contributed by atoms with Crippen molar-refractivity contribution in [1.29, 1.82) is 5.26 Å². The minimum atomic E-state index is -0.427. The Labute approximate surface area is 213 Å². The molecule has 2 aliphatic rings. The summed E-state index contributed by atoms with van der Waals surface area (Å²) < 4.78 is 25.5. The summed E-state index contributed by atoms with van der Waals surface area (Å²) >= 11 is 0. The number of methoxy groups -OCH3 is 1. The van der Waals surface area contributed by atoms with Crippen LogP contribution in [-0.2, 0) is 9.47 Å². The average molecular weight is 496 g/mol. The lowest BCUT2D eigenvalue weighted by Gasteiger charge is -2.32. The molecule has 2 fully saturated rings. The van der Waals surface area contributed by atoms with Crippen LogP contribution in [0.5, 0.6) is 0 Å². The first-order valence-corrected chi connectivity index (χ1v) is 13.0. The number of aromatic nitrogens is 1. The Balaban J connectivity index is 1.37. The van der Waals surface area contributed by atoms with Crippen LogP contribution in [0.25, 0.3) is 11.1 Å². The van der Waals surface area contributed by atoms with E-state index in [1.54, 1.807) is 13.2 Å². The van der Waals surface area contributed by atoms with Crippen LogP contribution in [0.3, 0.4) is 0 Å². The van der Waals surface area contributed by atoms with Crippen molar-refractivity contribution in [3.63, 3.8) is 0 Å². The van der Waals surface area contributed by atoms with E-state index in [0.717, 1.165) is 36.9 Å². The summed E-state index contributed by atoms with van der Waals surface area (Å²) in [7, 11) is 1.73. The molecule has 1 atom stereocenters. The molecule has 7 nitrogen and oxygen atoms in total. The van der Waals surface area contributed by atoms with Gasteiger partial charge in [-0.2, -0.15) is 5.26 Å². The predicted octanol–water partition coefficient (Wildman–Crippen LogP) is 4.97. The normalized spacial score (nSPS) is 22.4. The number of nitriles is 1. The first-order chi connectivity index (χ1) is 17.5. The highest BCUT2D eigenvalue weighted by atomic mass is 19.1. The summed E-state index contributed by atoms with van der Waals surface area (Å²) in [6.07, 6.45) is 6.98. The highest BCUT2D eigenvalue weighted by Crippen LogP contribution is 2.32. The molecule has 1 saturated carbocycles. The minimum Gasteiger partial charge on any atom is -0.383 e. The summed E-state index contributed by atoms with van der Waals surface area (Å²) in [6, 6.07) is 13.1. The molecule has 36 heavy (non-hydrogen) atoms. The van der Waals surface area contributed by atoms with Gasteiger partial charge in [-0.1, -0.05) is 12.1 Å². The quantitative estimate of drug-likeness (QED) is 0.429. The number of hydrogen-bond acceptors (Lipinski definition) is 7. The van der Waals surface area contributed by atoms with Gasteiger partial charge >= 0.3 is 0 Å². The smallest absolute Gasteiger partial charge is 0.149 e. The maximum absolute atomic E-state index is 14.8. The van der Waals surface area contributed by atoms with E-state index in [-0.39, 0.29) is 5.82 Å². The fourth-order valence-corrected chi connectivity index (χ4v) is 5.21. The maximum Gasteiger partial charge on any atom is 0.149 e. The number of nitrogens with one attached hydrogen (secondary N) is 3. The van der Waals surface area contributed by atoms with Crippen molar-refractivity contribution in [2.75, 3.05) is 44.1 Å². The van der Waals surface area contributed by atoms with E-state index in [4.69, 9.17) is 9.47 Å². The number of hydrogen-bond donors (Lipinski definition) is 3. The number of halogens is 1. The molecule has 4 rings (SSSR count). The van der Waals surface area contributed by atoms with Crippen molar-refractivity contribution in [3.8, 4) is 17.2 Å². The monoisotopic (exact) mass is 495 g/mol. The van der Waals surface area contributed by atoms with Gasteiger partial charge in [0.15, 0.2) is 0 Å². The third-order valence-corrected chi connectivity index (χ3v) is 7.36. The molecular formula is C28H38FN5O2. The second-order valence-corrected chi connectivity index (χ2v) is 10.2. The summed E-state index contributed by atoms with van der Waals surface area (Å²) in [5, 5.41) is 20.3. The zero-order valence-corrected chi connectivity index (χ0v) is 21.4. The molecule has 3 N–H and O–H groups in total. The fraction of sp³-hybridized carbons (Fsp3) is 0.571. The van der Waals surface area contributed by atoms with Crippen LogP contribution in [0.4, 0.5) is 15.9 Å². The third-order valence-electron chi connectivity index (χ3n) is 7.36. The van der Waals surface area contributed by atoms with Crippen LogP contribution >= 0.6 is 0 Å². The van der Waals surface area contributed by atoms with Crippen LogP contribution in [0.2, 0.25) is 0 Å². The maximum atomic E-state index is 14.8. The van der Waals surface area contributed by atoms with E-state index in [0.29, 0.717) is 68.7 Å². The lowest BCUT2D eigenvalue weighted by Crippen LogP contribution is -2.42. The highest BCUT2D eigenvalue weighted by molar-refractivity contribution is 5.70. The molecular weight excluding hydrogens is 457 g/mol. The Morgan fingerprint density at radius 2 is 1.94 bits per heavy atom. The molecule has 194 valence electrons. The molecule has 2 aromatic rings. The van der Waals surface area contributed by atoms with Gasteiger partial charge in [0, 0.05) is 56.2 Å². The lowest BCUT2D eigenvalue weighted by molar-refractivity contribution is 0.0456. The van der Waals surface area contributed by atoms with Crippen LogP contribution in [-0.4, -0.2) is 56.6 Å². The molecule has 1 aromatic heterocycles. The molecule has 0 amide bonds. The zero-order valence-electron chi connectivity index (χ0n) is 21.4. The highest BCUT2D eigenvalue weighted by Gasteiger charge is 2.32. The second kappa shape index (κ2) is 12.5. The van der Waals surface area contributed by atoms with Crippen molar-refractivity contribution >= 4 is 11.5 Å². The average Bonchev–Trinajstić information content (AvgIpc) is 2.90. The summed E-state index contributed by atoms with van der Waals surface area (Å²) in [4.78, 5) is 4.31. The number of nitrogens with zero attached hydrogens (tertiary/aromatic N) is 2. The van der Waals surface area contributed by atoms with Gasteiger partial charge < -0.3 is 25.4 Å². The summed E-state index contributed by atoms with van der Waals surface area (Å²) in [5.41, 5.74) is 1.73. The van der Waals surface area contributed by atoms with E-state index in [2.05, 4.69) is 33.9 Å². The van der Waals surface area contributed by atoms with E-state index in [9.17, 15) is 9.65 Å². The van der Waals surface area contributed by atoms with Gasteiger partial charge in [0.25, 0.3) is 0 Å². The van der Waals surface area contributed by atoms with Crippen LogP contribution in [0, 0.1) is 22.6 Å². The molecule has 1 aromatic carbocycles. The summed E-state index contributed by atoms with van der Waals surface area (Å²) in [5.74, 6) is 0.343. The molecule has 8 heteroatoms. The zero-order chi connectivity index (χ0) is 25.4. The molecule has 1 aliphatic carbocycles. The van der Waals surface area contributed by atoms with Crippen LogP contribution < -0.4 is 16.0 Å². The van der Waals surface area contributed by atoms with Gasteiger partial charge in [-0.25, -0.2) is 9.37 Å². The Hall–Kier alpha value is -2.73. The van der Waals surface area contributed by atoms with Gasteiger partial charge in [0.1, 0.15) is 11.6 Å². The van der Waals surface area contributed by atoms with Crippen LogP contribution in [0.15, 0.2) is 36.5 Å². The topological polar surface area (TPSA) is 91.2 Å². The molecule has 0 unspecified atom stereocenters. The van der Waals surface area contributed by atoms with E-state index in [1.807, 2.05) is 24.3 Å². The van der Waals surface area contributed by atoms with Gasteiger partial charge in [0.05, 0.1) is 24.3 Å². The standard InChI is InChI=1S/C28H38FN5O2/c1-20(17-35-2)33-22-6-8-23(9-7-22)34-27-15-25(26(29)16-31-27)21-4-3-5-24(14-21)32-19-28(18-30)10-12-36-13-11-28/h3-5,14-16,20,22-23,32-33H,6-13,17,19H2,1-2H3,(H,31,34)/t20-,22?,23?/m1/s1. The fourth-order valence-electron chi connectivity index (χ4n) is 5.21. The molecule has 2 heterocycles. The van der Waals surface area contributed by atoms with Crippen LogP contribution in [0.1, 0.15) is 45.4 Å². The number of benzene rings is 1. The van der Waals surface area contributed by atoms with Crippen molar-refractivity contribution in [1.82, 2.24) is 10.3 Å². The van der Waals surface area contributed by atoms with E-state index < -0.39 is 5.41 Å². The van der Waals surface area contributed by atoms with Gasteiger partial charge in [-0.05, 0) is 69.2 Å². The van der Waals surface area contributed by atoms with Crippen molar-refractivity contribution in [2.45, 2.75) is 63.6 Å². The summed E-state index contributed by atoms with van der Waals surface area (Å²) in [6.45, 7) is 4.63. The minimum absolute atomic E-state index is 0.321. The van der Waals surface area contributed by atoms with Crippen molar-refractivity contribution < 1.29 is 13.9 Å². The molecule has 1 aliphatic heterocycles. The molecule has 0 spiro atoms. The Morgan fingerprint density at radius 3 is 2.67 bits per heavy atom. The SMILES string of the molecule is COC[C@@H](C)NC1CCC(Nc2cc(-c3cccc(NCC4(C#N)CCOCC4)c3)c(F)cn2)CC1. The number of pyridine rings is 1. The number of ether oxygens (including phenoxy) is 2. The number of rotatable bonds is 10. The lowest BCUT2D eigenvalue weighted by atomic mass is 9.81. The van der Waals surface area contributed by atoms with Crippen molar-refractivity contribution in [3.05, 3.63) is 42.3 Å². The largest absolute Gasteiger partial charge is 0.383 e. The van der Waals surface area contributed by atoms with Crippen molar-refractivity contribution in [2.24, 2.45) is 5.41 Å². The Bertz CT molecular complexity index is 1030. The van der Waals surface area contributed by atoms with Gasteiger partial charge in [0.2, 0.25) is 0 Å². The van der Waals surface area contributed by atoms with E-state index in [1.165, 1.54) is 6.20 Å². The number of anilines is 2. The van der Waals surface area contributed by atoms with E-state index >= 15 is 0 Å². The third kappa shape index (κ3) is 6.94. The first-order valence-electron chi connectivity index (χ1n) is 13.0. The first kappa shape index (κ1) is 26.3. The Kier molecular flexibility index (Phi) is 9.13. The predicted molar refractivity (Wildman–Crippen MR) is 140 cm³/mol. The van der Waals surface area contributed by atoms with Gasteiger partial charge in [-0.15, -0.1) is 0 Å². The van der Waals surface area contributed by atoms with Gasteiger partial charge in [-0.3, -0.25) is 0 Å². The molecule has 0 radical (unpaired) electrons. The molecule has 0 bridgehead atoms. The second-order valence-electron chi connectivity index (χ2n) is 10.2. The Morgan fingerprint density at radius 1 is 1.19 bits per heavy atom. The molecule has 1 saturated heterocycles.